The number of hydrogen-bond donors (Lipinski definition) is 1. The Balaban J connectivity index is 1.55. The van der Waals surface area contributed by atoms with Gasteiger partial charge in [-0.05, 0) is 76.1 Å². The van der Waals surface area contributed by atoms with Gasteiger partial charge in [-0.25, -0.2) is 14.4 Å². The molecular weight excluding hydrogens is 484 g/mol. The lowest BCUT2D eigenvalue weighted by Crippen LogP contribution is -2.59. The highest BCUT2D eigenvalue weighted by molar-refractivity contribution is 5.81. The molecule has 38 heavy (non-hydrogen) atoms. The Morgan fingerprint density at radius 2 is 1.58 bits per heavy atom. The predicted molar refractivity (Wildman–Crippen MR) is 144 cm³/mol. The van der Waals surface area contributed by atoms with Crippen molar-refractivity contribution in [3.8, 4) is 11.1 Å². The monoisotopic (exact) mass is 522 g/mol. The van der Waals surface area contributed by atoms with Gasteiger partial charge < -0.3 is 19.5 Å². The molecule has 4 rings (SSSR count). The number of carboxylic acid groups (broad SMARTS) is 1. The molecule has 8 heteroatoms. The van der Waals surface area contributed by atoms with Crippen LogP contribution < -0.4 is 0 Å². The van der Waals surface area contributed by atoms with Gasteiger partial charge in [-0.2, -0.15) is 0 Å². The van der Waals surface area contributed by atoms with Gasteiger partial charge in [-0.3, -0.25) is 4.90 Å². The Bertz CT molecular complexity index is 1140. The van der Waals surface area contributed by atoms with Crippen molar-refractivity contribution in [2.45, 2.75) is 83.5 Å². The smallest absolute Gasteiger partial charge is 0.410 e. The summed E-state index contributed by atoms with van der Waals surface area (Å²) in [6, 6.07) is 14.0. The summed E-state index contributed by atoms with van der Waals surface area (Å²) >= 11 is 0. The lowest BCUT2D eigenvalue weighted by atomic mass is 9.95. The van der Waals surface area contributed by atoms with E-state index in [0.717, 1.165) is 35.1 Å². The number of benzene rings is 2. The zero-order chi connectivity index (χ0) is 27.6. The zero-order valence-electron chi connectivity index (χ0n) is 22.8. The second kappa shape index (κ2) is 11.1. The first kappa shape index (κ1) is 27.5. The van der Waals surface area contributed by atoms with Crippen molar-refractivity contribution in [1.29, 1.82) is 0 Å². The minimum absolute atomic E-state index is 0.0862. The SMILES string of the molecule is CC([C@@H]1CCCCN1C(=O)OC(C)(C)C)N(C(=O)OCC1c2ccccc2-c2ccccc21)[C@@H](C)C(=O)O. The van der Waals surface area contributed by atoms with Crippen molar-refractivity contribution >= 4 is 18.2 Å². The van der Waals surface area contributed by atoms with Crippen LogP contribution in [-0.4, -0.2) is 69.9 Å². The number of carbonyl (C=O) groups excluding carboxylic acids is 2. The highest BCUT2D eigenvalue weighted by Gasteiger charge is 2.41. The van der Waals surface area contributed by atoms with E-state index in [1.54, 1.807) is 11.8 Å². The summed E-state index contributed by atoms with van der Waals surface area (Å²) in [6.07, 6.45) is 1.17. The number of fused-ring (bicyclic) bond motifs is 3. The summed E-state index contributed by atoms with van der Waals surface area (Å²) in [5.74, 6) is -1.28. The van der Waals surface area contributed by atoms with Gasteiger partial charge in [0.05, 0.1) is 12.1 Å². The fraction of sp³-hybridized carbons (Fsp3) is 0.500. The number of amides is 2. The van der Waals surface area contributed by atoms with Crippen LogP contribution >= 0.6 is 0 Å². The van der Waals surface area contributed by atoms with E-state index in [2.05, 4.69) is 12.1 Å². The molecule has 1 unspecified atom stereocenters. The van der Waals surface area contributed by atoms with Crippen molar-refractivity contribution in [1.82, 2.24) is 9.80 Å². The van der Waals surface area contributed by atoms with Crippen LogP contribution in [0.25, 0.3) is 11.1 Å². The molecule has 1 aliphatic carbocycles. The molecule has 0 radical (unpaired) electrons. The molecule has 1 saturated heterocycles. The van der Waals surface area contributed by atoms with Crippen molar-refractivity contribution in [2.24, 2.45) is 0 Å². The van der Waals surface area contributed by atoms with Crippen LogP contribution in [0.4, 0.5) is 9.59 Å². The van der Waals surface area contributed by atoms with Crippen LogP contribution in [0.3, 0.4) is 0 Å². The minimum atomic E-state index is -1.14. The standard InChI is InChI=1S/C30H38N2O6/c1-19(26-16-10-11-17-31(26)28(35)38-30(3,4)5)32(20(2)27(33)34)29(36)37-18-25-23-14-8-6-12-21(23)22-13-7-9-15-24(22)25/h6-9,12-15,19-20,25-26H,10-11,16-18H2,1-5H3,(H,33,34)/t19?,20-,26-/m0/s1. The summed E-state index contributed by atoms with van der Waals surface area (Å²) in [6.45, 7) is 9.26. The molecule has 8 nitrogen and oxygen atoms in total. The Morgan fingerprint density at radius 3 is 2.13 bits per heavy atom. The van der Waals surface area contributed by atoms with Crippen LogP contribution in [0, 0.1) is 0 Å². The van der Waals surface area contributed by atoms with E-state index in [-0.39, 0.29) is 18.6 Å². The maximum atomic E-state index is 13.6. The maximum absolute atomic E-state index is 13.6. The first-order valence-corrected chi connectivity index (χ1v) is 13.4. The summed E-state index contributed by atoms with van der Waals surface area (Å²) in [4.78, 5) is 41.5. The van der Waals surface area contributed by atoms with Gasteiger partial charge in [-0.15, -0.1) is 0 Å². The second-order valence-electron chi connectivity index (χ2n) is 11.2. The molecule has 0 spiro atoms. The van der Waals surface area contributed by atoms with Gasteiger partial charge in [0.15, 0.2) is 0 Å². The number of piperidine rings is 1. The van der Waals surface area contributed by atoms with Gasteiger partial charge >= 0.3 is 18.2 Å². The Hall–Kier alpha value is -3.55. The fourth-order valence-corrected chi connectivity index (χ4v) is 5.66. The third-order valence-electron chi connectivity index (χ3n) is 7.49. The Labute approximate surface area is 224 Å². The number of likely N-dealkylation sites (tertiary alicyclic amines) is 1. The number of hydrogen-bond acceptors (Lipinski definition) is 5. The first-order valence-electron chi connectivity index (χ1n) is 13.4. The van der Waals surface area contributed by atoms with Crippen LogP contribution in [0.2, 0.25) is 0 Å². The molecule has 2 amide bonds. The van der Waals surface area contributed by atoms with E-state index >= 15 is 0 Å². The molecule has 0 saturated carbocycles. The van der Waals surface area contributed by atoms with E-state index in [9.17, 15) is 19.5 Å². The van der Waals surface area contributed by atoms with Gasteiger partial charge in [-0.1, -0.05) is 48.5 Å². The molecule has 2 aliphatic rings. The molecule has 204 valence electrons. The molecule has 1 N–H and O–H groups in total. The number of carboxylic acids is 1. The number of carbonyl (C=O) groups is 3. The number of nitrogens with zero attached hydrogens (tertiary/aromatic N) is 2. The highest BCUT2D eigenvalue weighted by atomic mass is 16.6. The van der Waals surface area contributed by atoms with E-state index in [1.165, 1.54) is 11.8 Å². The molecule has 1 aliphatic heterocycles. The van der Waals surface area contributed by atoms with E-state index in [4.69, 9.17) is 9.47 Å². The molecule has 0 aromatic heterocycles. The highest BCUT2D eigenvalue weighted by Crippen LogP contribution is 2.44. The minimum Gasteiger partial charge on any atom is -0.480 e. The lowest BCUT2D eigenvalue weighted by Gasteiger charge is -2.44. The largest absolute Gasteiger partial charge is 0.480 e. The topological polar surface area (TPSA) is 96.4 Å². The fourth-order valence-electron chi connectivity index (χ4n) is 5.66. The summed E-state index contributed by atoms with van der Waals surface area (Å²) in [5.41, 5.74) is 3.72. The van der Waals surface area contributed by atoms with Gasteiger partial charge in [0.25, 0.3) is 0 Å². The molecule has 0 bridgehead atoms. The van der Waals surface area contributed by atoms with Crippen LogP contribution in [0.5, 0.6) is 0 Å². The Kier molecular flexibility index (Phi) is 7.99. The molecular formula is C30H38N2O6. The van der Waals surface area contributed by atoms with E-state index in [1.807, 2.05) is 57.2 Å². The number of ether oxygens (including phenoxy) is 2. The van der Waals surface area contributed by atoms with Crippen LogP contribution in [0.1, 0.15) is 70.9 Å². The van der Waals surface area contributed by atoms with Crippen molar-refractivity contribution in [2.75, 3.05) is 13.2 Å². The zero-order valence-corrected chi connectivity index (χ0v) is 22.8. The second-order valence-corrected chi connectivity index (χ2v) is 11.2. The summed E-state index contributed by atoms with van der Waals surface area (Å²) in [7, 11) is 0. The number of rotatable bonds is 6. The van der Waals surface area contributed by atoms with Gasteiger partial charge in [0.1, 0.15) is 18.2 Å². The summed E-state index contributed by atoms with van der Waals surface area (Å²) < 4.78 is 11.5. The third-order valence-corrected chi connectivity index (χ3v) is 7.49. The molecule has 1 fully saturated rings. The van der Waals surface area contributed by atoms with Crippen LogP contribution in [-0.2, 0) is 14.3 Å². The van der Waals surface area contributed by atoms with Crippen molar-refractivity contribution in [3.63, 3.8) is 0 Å². The quantitative estimate of drug-likeness (QED) is 0.508. The number of aliphatic carboxylic acids is 1. The normalized spacial score (nSPS) is 18.7. The average molecular weight is 523 g/mol. The lowest BCUT2D eigenvalue weighted by molar-refractivity contribution is -0.143. The van der Waals surface area contributed by atoms with E-state index < -0.39 is 35.8 Å². The van der Waals surface area contributed by atoms with E-state index in [0.29, 0.717) is 13.0 Å². The molecule has 2 aromatic carbocycles. The third kappa shape index (κ3) is 5.64. The van der Waals surface area contributed by atoms with Crippen LogP contribution in [0.15, 0.2) is 48.5 Å². The van der Waals surface area contributed by atoms with Crippen molar-refractivity contribution < 1.29 is 29.0 Å². The van der Waals surface area contributed by atoms with Gasteiger partial charge in [0.2, 0.25) is 0 Å². The maximum Gasteiger partial charge on any atom is 0.410 e. The molecule has 1 heterocycles. The summed E-state index contributed by atoms with van der Waals surface area (Å²) in [5, 5.41) is 9.86. The Morgan fingerprint density at radius 1 is 1.00 bits per heavy atom. The average Bonchev–Trinajstić information content (AvgIpc) is 3.20. The first-order chi connectivity index (χ1) is 18.0. The molecule has 2 aromatic rings. The molecule has 3 atom stereocenters. The predicted octanol–water partition coefficient (Wildman–Crippen LogP) is 5.89. The van der Waals surface area contributed by atoms with Gasteiger partial charge in [0, 0.05) is 12.5 Å². The van der Waals surface area contributed by atoms with Crippen molar-refractivity contribution in [3.05, 3.63) is 59.7 Å².